The van der Waals surface area contributed by atoms with Gasteiger partial charge in [-0.3, -0.25) is 9.59 Å². The van der Waals surface area contributed by atoms with E-state index in [0.29, 0.717) is 21.2 Å². The third-order valence-electron chi connectivity index (χ3n) is 3.74. The first-order valence-electron chi connectivity index (χ1n) is 8.73. The molecular weight excluding hydrogens is 426 g/mol. The molecule has 0 bridgehead atoms. The largest absolute Gasteiger partial charge is 0.422 e. The first kappa shape index (κ1) is 21.2. The molecule has 152 valence electrons. The van der Waals surface area contributed by atoms with Crippen LogP contribution in [0.15, 0.2) is 71.1 Å². The van der Waals surface area contributed by atoms with E-state index in [1.807, 2.05) is 0 Å². The Kier molecular flexibility index (Phi) is 7.31. The summed E-state index contributed by atoms with van der Waals surface area (Å²) in [5.41, 5.74) is 3.29. The van der Waals surface area contributed by atoms with Gasteiger partial charge in [0.25, 0.3) is 11.8 Å². The molecule has 0 aliphatic heterocycles. The lowest BCUT2D eigenvalue weighted by molar-refractivity contribution is -0.120. The SMILES string of the molecule is O=C(CNC(=O)c1ccccc1Cl)NN=Cc1ccc(OC(=O)c2cccs2)cc1. The van der Waals surface area contributed by atoms with Gasteiger partial charge in [0.15, 0.2) is 0 Å². The first-order chi connectivity index (χ1) is 14.5. The number of hydrazone groups is 1. The summed E-state index contributed by atoms with van der Waals surface area (Å²) >= 11 is 7.24. The number of halogens is 1. The van der Waals surface area contributed by atoms with Crippen LogP contribution in [0.1, 0.15) is 25.6 Å². The molecule has 3 aromatic rings. The number of nitrogens with one attached hydrogen (secondary N) is 2. The van der Waals surface area contributed by atoms with Crippen LogP contribution in [-0.2, 0) is 4.79 Å². The molecule has 0 unspecified atom stereocenters. The van der Waals surface area contributed by atoms with Crippen LogP contribution in [-0.4, -0.2) is 30.5 Å². The highest BCUT2D eigenvalue weighted by molar-refractivity contribution is 7.12. The molecule has 0 fully saturated rings. The zero-order valence-electron chi connectivity index (χ0n) is 15.5. The standard InChI is InChI=1S/C21H16ClN3O4S/c22-17-5-2-1-4-16(17)20(27)23-13-19(26)25-24-12-14-7-9-15(10-8-14)29-21(28)18-6-3-11-30-18/h1-12H,13H2,(H,23,27)(H,25,26). The van der Waals surface area contributed by atoms with Crippen molar-refractivity contribution in [1.29, 1.82) is 0 Å². The van der Waals surface area contributed by atoms with Crippen molar-refractivity contribution in [1.82, 2.24) is 10.7 Å². The van der Waals surface area contributed by atoms with Gasteiger partial charge in [-0.15, -0.1) is 11.3 Å². The van der Waals surface area contributed by atoms with E-state index in [-0.39, 0.29) is 12.1 Å². The minimum atomic E-state index is -0.492. The van der Waals surface area contributed by atoms with Crippen molar-refractivity contribution in [3.8, 4) is 5.75 Å². The lowest BCUT2D eigenvalue weighted by atomic mass is 10.2. The summed E-state index contributed by atoms with van der Waals surface area (Å²) < 4.78 is 5.26. The topological polar surface area (TPSA) is 96.9 Å². The smallest absolute Gasteiger partial charge is 0.353 e. The van der Waals surface area contributed by atoms with Gasteiger partial charge >= 0.3 is 5.97 Å². The summed E-state index contributed by atoms with van der Waals surface area (Å²) in [5.74, 6) is -0.963. The summed E-state index contributed by atoms with van der Waals surface area (Å²) in [6.45, 7) is -0.251. The van der Waals surface area contributed by atoms with Crippen molar-refractivity contribution < 1.29 is 19.1 Å². The molecule has 1 aromatic heterocycles. The monoisotopic (exact) mass is 441 g/mol. The van der Waals surface area contributed by atoms with Crippen LogP contribution < -0.4 is 15.5 Å². The molecule has 0 radical (unpaired) electrons. The van der Waals surface area contributed by atoms with Gasteiger partial charge in [-0.25, -0.2) is 10.2 Å². The average Bonchev–Trinajstić information content (AvgIpc) is 3.29. The summed E-state index contributed by atoms with van der Waals surface area (Å²) in [7, 11) is 0. The van der Waals surface area contributed by atoms with Crippen molar-refractivity contribution in [2.75, 3.05) is 6.54 Å². The molecule has 2 aromatic carbocycles. The van der Waals surface area contributed by atoms with E-state index in [1.165, 1.54) is 17.6 Å². The van der Waals surface area contributed by atoms with Gasteiger partial charge in [0, 0.05) is 0 Å². The number of carbonyl (C=O) groups is 3. The normalized spacial score (nSPS) is 10.6. The maximum absolute atomic E-state index is 12.0. The number of nitrogens with zero attached hydrogens (tertiary/aromatic N) is 1. The zero-order chi connectivity index (χ0) is 21.3. The van der Waals surface area contributed by atoms with E-state index in [0.717, 1.165) is 0 Å². The van der Waals surface area contributed by atoms with Crippen molar-refractivity contribution in [3.05, 3.63) is 87.1 Å². The average molecular weight is 442 g/mol. The van der Waals surface area contributed by atoms with E-state index >= 15 is 0 Å². The minimum Gasteiger partial charge on any atom is -0.422 e. The maximum atomic E-state index is 12.0. The molecule has 0 spiro atoms. The second-order valence-corrected chi connectivity index (χ2v) is 7.25. The van der Waals surface area contributed by atoms with Crippen LogP contribution in [0.3, 0.4) is 0 Å². The molecule has 9 heteroatoms. The van der Waals surface area contributed by atoms with Crippen molar-refractivity contribution >= 4 is 46.9 Å². The quantitative estimate of drug-likeness (QED) is 0.254. The predicted octanol–water partition coefficient (Wildman–Crippen LogP) is 3.50. The number of esters is 1. The fourth-order valence-electron chi connectivity index (χ4n) is 2.29. The highest BCUT2D eigenvalue weighted by atomic mass is 35.5. The Hall–Kier alpha value is -3.49. The second kappa shape index (κ2) is 10.3. The third kappa shape index (κ3) is 6.00. The van der Waals surface area contributed by atoms with E-state index in [9.17, 15) is 14.4 Å². The summed E-state index contributed by atoms with van der Waals surface area (Å²) in [4.78, 5) is 36.2. The highest BCUT2D eigenvalue weighted by Gasteiger charge is 2.11. The van der Waals surface area contributed by atoms with Crippen LogP contribution >= 0.6 is 22.9 Å². The van der Waals surface area contributed by atoms with E-state index in [2.05, 4.69) is 15.8 Å². The van der Waals surface area contributed by atoms with Crippen LogP contribution in [0, 0.1) is 0 Å². The predicted molar refractivity (Wildman–Crippen MR) is 115 cm³/mol. The first-order valence-corrected chi connectivity index (χ1v) is 9.99. The summed E-state index contributed by atoms with van der Waals surface area (Å²) in [6.07, 6.45) is 1.43. The number of hydrogen-bond acceptors (Lipinski definition) is 6. The summed E-state index contributed by atoms with van der Waals surface area (Å²) in [6, 6.07) is 16.6. The molecule has 7 nitrogen and oxygen atoms in total. The molecule has 0 aliphatic carbocycles. The number of carbonyl (C=O) groups excluding carboxylic acids is 3. The van der Waals surface area contributed by atoms with Crippen molar-refractivity contribution in [2.45, 2.75) is 0 Å². The third-order valence-corrected chi connectivity index (χ3v) is 4.92. The molecule has 2 N–H and O–H groups in total. The van der Waals surface area contributed by atoms with Crippen molar-refractivity contribution in [2.24, 2.45) is 5.10 Å². The molecule has 1 heterocycles. The molecule has 0 saturated carbocycles. The van der Waals surface area contributed by atoms with E-state index < -0.39 is 17.8 Å². The minimum absolute atomic E-state index is 0.251. The molecule has 0 saturated heterocycles. The van der Waals surface area contributed by atoms with Crippen molar-refractivity contribution in [3.63, 3.8) is 0 Å². The number of amides is 2. The molecular formula is C21H16ClN3O4S. The number of ether oxygens (including phenoxy) is 1. The van der Waals surface area contributed by atoms with Crippen LogP contribution in [0.5, 0.6) is 5.75 Å². The Morgan fingerprint density at radius 1 is 1.03 bits per heavy atom. The molecule has 30 heavy (non-hydrogen) atoms. The summed E-state index contributed by atoms with van der Waals surface area (Å²) in [5, 5.41) is 8.40. The maximum Gasteiger partial charge on any atom is 0.353 e. The van der Waals surface area contributed by atoms with Gasteiger partial charge in [0.05, 0.1) is 23.3 Å². The van der Waals surface area contributed by atoms with Crippen LogP contribution in [0.2, 0.25) is 5.02 Å². The van der Waals surface area contributed by atoms with E-state index in [1.54, 1.807) is 66.0 Å². The Labute approximate surface area is 181 Å². The number of benzene rings is 2. The van der Waals surface area contributed by atoms with Gasteiger partial charge in [0.1, 0.15) is 10.6 Å². The fourth-order valence-corrected chi connectivity index (χ4v) is 3.11. The molecule has 2 amide bonds. The Morgan fingerprint density at radius 2 is 1.80 bits per heavy atom. The molecule has 3 rings (SSSR count). The Balaban J connectivity index is 1.44. The van der Waals surface area contributed by atoms with Crippen LogP contribution in [0.4, 0.5) is 0 Å². The fraction of sp³-hybridized carbons (Fsp3) is 0.0476. The van der Waals surface area contributed by atoms with E-state index in [4.69, 9.17) is 16.3 Å². The molecule has 0 aliphatic rings. The number of thiophene rings is 1. The van der Waals surface area contributed by atoms with Gasteiger partial charge in [-0.1, -0.05) is 29.8 Å². The van der Waals surface area contributed by atoms with Gasteiger partial charge < -0.3 is 10.1 Å². The second-order valence-electron chi connectivity index (χ2n) is 5.89. The van der Waals surface area contributed by atoms with Gasteiger partial charge in [-0.05, 0) is 53.4 Å². The number of hydrogen-bond donors (Lipinski definition) is 2. The Morgan fingerprint density at radius 3 is 2.50 bits per heavy atom. The lowest BCUT2D eigenvalue weighted by Gasteiger charge is -2.05. The zero-order valence-corrected chi connectivity index (χ0v) is 17.1. The number of rotatable bonds is 7. The molecule has 0 atom stereocenters. The Bertz CT molecular complexity index is 1070. The van der Waals surface area contributed by atoms with Gasteiger partial charge in [-0.2, -0.15) is 5.10 Å². The van der Waals surface area contributed by atoms with Gasteiger partial charge in [0.2, 0.25) is 0 Å². The lowest BCUT2D eigenvalue weighted by Crippen LogP contribution is -2.35. The highest BCUT2D eigenvalue weighted by Crippen LogP contribution is 2.16. The van der Waals surface area contributed by atoms with Crippen LogP contribution in [0.25, 0.3) is 0 Å².